The monoisotopic (exact) mass is 526 g/mol. The standard InChI is InChI=1S/C24H19IN2O2S/c1-2-16-8-14-19(15-9-16)27-23(28)21(26-18-12-10-17(25)11-13-18)22(24(27)29)30-20-6-4-3-5-7-20/h3-15,26H,2H2,1H3. The highest BCUT2D eigenvalue weighted by Crippen LogP contribution is 2.37. The van der Waals surface area contributed by atoms with E-state index >= 15 is 0 Å². The fourth-order valence-corrected chi connectivity index (χ4v) is 4.42. The number of imide groups is 1. The van der Waals surface area contributed by atoms with Gasteiger partial charge >= 0.3 is 0 Å². The van der Waals surface area contributed by atoms with Gasteiger partial charge in [-0.15, -0.1) is 0 Å². The average Bonchev–Trinajstić information content (AvgIpc) is 3.00. The van der Waals surface area contributed by atoms with Gasteiger partial charge in [0, 0.05) is 14.2 Å². The molecular formula is C24H19IN2O2S. The molecule has 0 saturated heterocycles. The first-order valence-corrected chi connectivity index (χ1v) is 11.4. The summed E-state index contributed by atoms with van der Waals surface area (Å²) in [5.74, 6) is -0.660. The van der Waals surface area contributed by atoms with Crippen molar-refractivity contribution in [2.75, 3.05) is 10.2 Å². The van der Waals surface area contributed by atoms with Gasteiger partial charge < -0.3 is 5.32 Å². The van der Waals surface area contributed by atoms with Crippen LogP contribution in [0.5, 0.6) is 0 Å². The van der Waals surface area contributed by atoms with E-state index in [1.54, 1.807) is 0 Å². The number of carbonyl (C=O) groups is 2. The molecule has 2 amide bonds. The molecule has 0 unspecified atom stereocenters. The summed E-state index contributed by atoms with van der Waals surface area (Å²) in [6.07, 6.45) is 0.898. The largest absolute Gasteiger partial charge is 0.350 e. The van der Waals surface area contributed by atoms with Crippen LogP contribution in [0.15, 0.2) is 94.4 Å². The Hall–Kier alpha value is -2.58. The van der Waals surface area contributed by atoms with Gasteiger partial charge in [-0.1, -0.05) is 49.0 Å². The van der Waals surface area contributed by atoms with Crippen LogP contribution >= 0.6 is 34.4 Å². The number of benzene rings is 3. The van der Waals surface area contributed by atoms with Crippen molar-refractivity contribution < 1.29 is 9.59 Å². The van der Waals surface area contributed by atoms with Crippen molar-refractivity contribution in [3.63, 3.8) is 0 Å². The summed E-state index contributed by atoms with van der Waals surface area (Å²) < 4.78 is 1.09. The number of nitrogens with zero attached hydrogens (tertiary/aromatic N) is 1. The van der Waals surface area contributed by atoms with Gasteiger partial charge in [-0.05, 0) is 83.1 Å². The zero-order valence-corrected chi connectivity index (χ0v) is 19.2. The van der Waals surface area contributed by atoms with Crippen LogP contribution in [0.2, 0.25) is 0 Å². The number of halogens is 1. The van der Waals surface area contributed by atoms with Gasteiger partial charge in [0.15, 0.2) is 0 Å². The minimum absolute atomic E-state index is 0.301. The highest BCUT2D eigenvalue weighted by Gasteiger charge is 2.40. The van der Waals surface area contributed by atoms with Gasteiger partial charge in [0.05, 0.1) is 5.69 Å². The van der Waals surface area contributed by atoms with Gasteiger partial charge in [0.25, 0.3) is 11.8 Å². The number of hydrogen-bond donors (Lipinski definition) is 1. The molecule has 0 bridgehead atoms. The summed E-state index contributed by atoms with van der Waals surface area (Å²) in [5.41, 5.74) is 2.80. The minimum atomic E-state index is -0.346. The van der Waals surface area contributed by atoms with E-state index in [1.807, 2.05) is 78.9 Å². The first-order chi connectivity index (χ1) is 14.6. The zero-order chi connectivity index (χ0) is 21.1. The van der Waals surface area contributed by atoms with Crippen LogP contribution in [0.1, 0.15) is 12.5 Å². The molecule has 0 aromatic heterocycles. The van der Waals surface area contributed by atoms with Crippen LogP contribution in [0.4, 0.5) is 11.4 Å². The summed E-state index contributed by atoms with van der Waals surface area (Å²) in [4.78, 5) is 29.2. The van der Waals surface area contributed by atoms with Crippen molar-refractivity contribution in [2.24, 2.45) is 0 Å². The van der Waals surface area contributed by atoms with Crippen molar-refractivity contribution in [2.45, 2.75) is 18.2 Å². The van der Waals surface area contributed by atoms with Crippen molar-refractivity contribution in [1.82, 2.24) is 0 Å². The maximum atomic E-state index is 13.3. The summed E-state index contributed by atoms with van der Waals surface area (Å²) in [6.45, 7) is 2.07. The van der Waals surface area contributed by atoms with Crippen molar-refractivity contribution in [3.8, 4) is 0 Å². The van der Waals surface area contributed by atoms with Gasteiger partial charge in [-0.3, -0.25) is 9.59 Å². The highest BCUT2D eigenvalue weighted by atomic mass is 127. The summed E-state index contributed by atoms with van der Waals surface area (Å²) in [5, 5.41) is 3.18. The van der Waals surface area contributed by atoms with Crippen LogP contribution in [0.25, 0.3) is 0 Å². The van der Waals surface area contributed by atoms with Crippen molar-refractivity contribution >= 4 is 57.5 Å². The normalized spacial score (nSPS) is 13.9. The second-order valence-corrected chi connectivity index (χ2v) is 9.05. The first kappa shape index (κ1) is 20.7. The van der Waals surface area contributed by atoms with E-state index in [1.165, 1.54) is 16.7 Å². The number of rotatable bonds is 6. The van der Waals surface area contributed by atoms with E-state index in [-0.39, 0.29) is 11.8 Å². The Morgan fingerprint density at radius 2 is 1.53 bits per heavy atom. The second kappa shape index (κ2) is 9.06. The van der Waals surface area contributed by atoms with Crippen LogP contribution in [0, 0.1) is 3.57 Å². The van der Waals surface area contributed by atoms with Crippen LogP contribution in [0.3, 0.4) is 0 Å². The van der Waals surface area contributed by atoms with E-state index in [0.717, 1.165) is 26.1 Å². The maximum absolute atomic E-state index is 13.3. The lowest BCUT2D eigenvalue weighted by molar-refractivity contribution is -0.120. The van der Waals surface area contributed by atoms with Crippen LogP contribution in [-0.4, -0.2) is 11.8 Å². The molecule has 0 saturated carbocycles. The number of carbonyl (C=O) groups excluding carboxylic acids is 2. The number of hydrogen-bond acceptors (Lipinski definition) is 4. The number of anilines is 2. The third-order valence-electron chi connectivity index (χ3n) is 4.72. The lowest BCUT2D eigenvalue weighted by Gasteiger charge is -2.15. The first-order valence-electron chi connectivity index (χ1n) is 9.54. The molecular weight excluding hydrogens is 507 g/mol. The molecule has 1 aliphatic rings. The molecule has 6 heteroatoms. The summed E-state index contributed by atoms with van der Waals surface area (Å²) in [7, 11) is 0. The van der Waals surface area contributed by atoms with Crippen LogP contribution < -0.4 is 10.2 Å². The molecule has 1 N–H and O–H groups in total. The van der Waals surface area contributed by atoms with Crippen LogP contribution in [-0.2, 0) is 16.0 Å². The molecule has 1 heterocycles. The van der Waals surface area contributed by atoms with Crippen molar-refractivity contribution in [3.05, 3.63) is 98.6 Å². The minimum Gasteiger partial charge on any atom is -0.350 e. The van der Waals surface area contributed by atoms with E-state index in [9.17, 15) is 9.59 Å². The smallest absolute Gasteiger partial charge is 0.283 e. The van der Waals surface area contributed by atoms with Gasteiger partial charge in [-0.2, -0.15) is 0 Å². The van der Waals surface area contributed by atoms with E-state index in [2.05, 4.69) is 34.8 Å². The van der Waals surface area contributed by atoms with E-state index < -0.39 is 0 Å². The Balaban J connectivity index is 1.72. The van der Waals surface area contributed by atoms with Gasteiger partial charge in [0.1, 0.15) is 10.6 Å². The van der Waals surface area contributed by atoms with Crippen molar-refractivity contribution in [1.29, 1.82) is 0 Å². The Morgan fingerprint density at radius 3 is 2.17 bits per heavy atom. The molecule has 0 spiro atoms. The molecule has 0 fully saturated rings. The van der Waals surface area contributed by atoms with E-state index in [4.69, 9.17) is 0 Å². The Bertz CT molecular complexity index is 1110. The number of aryl methyl sites for hydroxylation is 1. The lowest BCUT2D eigenvalue weighted by atomic mass is 10.1. The molecule has 30 heavy (non-hydrogen) atoms. The average molecular weight is 526 g/mol. The third kappa shape index (κ3) is 4.29. The molecule has 0 atom stereocenters. The molecule has 0 radical (unpaired) electrons. The fourth-order valence-electron chi connectivity index (χ4n) is 3.11. The number of nitrogens with one attached hydrogen (secondary N) is 1. The van der Waals surface area contributed by atoms with E-state index in [0.29, 0.717) is 16.3 Å². The summed E-state index contributed by atoms with van der Waals surface area (Å²) in [6, 6.07) is 24.9. The zero-order valence-electron chi connectivity index (χ0n) is 16.3. The molecule has 3 aromatic rings. The summed E-state index contributed by atoms with van der Waals surface area (Å²) >= 11 is 3.53. The molecule has 3 aromatic carbocycles. The molecule has 4 rings (SSSR count). The number of thioether (sulfide) groups is 1. The van der Waals surface area contributed by atoms with Gasteiger partial charge in [0.2, 0.25) is 0 Å². The van der Waals surface area contributed by atoms with Gasteiger partial charge in [-0.25, -0.2) is 4.90 Å². The fraction of sp³-hybridized carbons (Fsp3) is 0.0833. The molecule has 0 aliphatic carbocycles. The predicted octanol–water partition coefficient (Wildman–Crippen LogP) is 5.84. The third-order valence-corrected chi connectivity index (χ3v) is 6.53. The lowest BCUT2D eigenvalue weighted by Crippen LogP contribution is -2.32. The maximum Gasteiger partial charge on any atom is 0.283 e. The molecule has 1 aliphatic heterocycles. The topological polar surface area (TPSA) is 49.4 Å². The highest BCUT2D eigenvalue weighted by molar-refractivity contribution is 14.1. The molecule has 4 nitrogen and oxygen atoms in total. The Kier molecular flexibility index (Phi) is 6.24. The molecule has 150 valence electrons. The quantitative estimate of drug-likeness (QED) is 0.324. The predicted molar refractivity (Wildman–Crippen MR) is 130 cm³/mol. The SMILES string of the molecule is CCc1ccc(N2C(=O)C(Nc3ccc(I)cc3)=C(Sc3ccccc3)C2=O)cc1. The number of amides is 2. The second-order valence-electron chi connectivity index (χ2n) is 6.72. The Morgan fingerprint density at radius 1 is 0.867 bits per heavy atom. The Labute approximate surface area is 193 Å².